The van der Waals surface area contributed by atoms with Crippen LogP contribution in [-0.4, -0.2) is 27.9 Å². The molecule has 0 spiro atoms. The second-order valence-electron chi connectivity index (χ2n) is 5.70. The highest BCUT2D eigenvalue weighted by atomic mass is 16.2. The summed E-state index contributed by atoms with van der Waals surface area (Å²) in [5.74, 6) is 5.65. The smallest absolute Gasteiger partial charge is 0.240 e. The number of nitrogens with zero attached hydrogens (tertiary/aromatic N) is 2. The van der Waals surface area contributed by atoms with Crippen LogP contribution in [-0.2, 0) is 16.1 Å². The molecular weight excluding hydrogens is 328 g/mol. The van der Waals surface area contributed by atoms with Crippen molar-refractivity contribution in [1.29, 1.82) is 0 Å². The molecule has 2 N–H and O–H groups in total. The molecule has 2 amide bonds. The first-order valence-corrected chi connectivity index (χ1v) is 8.15. The average molecular weight is 346 g/mol. The minimum Gasteiger partial charge on any atom is -0.344 e. The molecule has 6 nitrogen and oxygen atoms in total. The Bertz CT molecular complexity index is 994. The molecule has 1 aromatic heterocycles. The van der Waals surface area contributed by atoms with E-state index in [1.165, 1.54) is 6.92 Å². The maximum absolute atomic E-state index is 12.0. The molecule has 0 aliphatic carbocycles. The number of carbonyl (C=O) groups excluding carboxylic acids is 2. The molecule has 0 fully saturated rings. The first-order valence-electron chi connectivity index (χ1n) is 8.15. The van der Waals surface area contributed by atoms with Crippen LogP contribution in [0.5, 0.6) is 0 Å². The topological polar surface area (TPSA) is 76.0 Å². The van der Waals surface area contributed by atoms with Gasteiger partial charge >= 0.3 is 0 Å². The van der Waals surface area contributed by atoms with Gasteiger partial charge in [-0.15, -0.1) is 0 Å². The fraction of sp³-hybridized carbons (Fsp3) is 0.150. The first-order chi connectivity index (χ1) is 12.6. The Hall–Kier alpha value is -3.59. The Balaban J connectivity index is 1.51. The molecule has 0 atom stereocenters. The van der Waals surface area contributed by atoms with Crippen LogP contribution in [0.1, 0.15) is 12.5 Å². The Labute approximate surface area is 151 Å². The van der Waals surface area contributed by atoms with Crippen LogP contribution < -0.4 is 10.6 Å². The summed E-state index contributed by atoms with van der Waals surface area (Å²) in [4.78, 5) is 27.3. The van der Waals surface area contributed by atoms with E-state index in [0.717, 1.165) is 22.3 Å². The van der Waals surface area contributed by atoms with Crippen LogP contribution in [0.3, 0.4) is 0 Å². The second kappa shape index (κ2) is 7.99. The number of carbonyl (C=O) groups is 2. The Morgan fingerprint density at radius 1 is 1.12 bits per heavy atom. The molecule has 6 heteroatoms. The van der Waals surface area contributed by atoms with E-state index in [4.69, 9.17) is 0 Å². The van der Waals surface area contributed by atoms with E-state index in [1.54, 1.807) is 23.0 Å². The van der Waals surface area contributed by atoms with Gasteiger partial charge in [0.2, 0.25) is 11.8 Å². The van der Waals surface area contributed by atoms with Gasteiger partial charge in [-0.1, -0.05) is 24.0 Å². The van der Waals surface area contributed by atoms with Crippen LogP contribution in [0.4, 0.5) is 5.69 Å². The van der Waals surface area contributed by atoms with Crippen molar-refractivity contribution >= 4 is 28.5 Å². The largest absolute Gasteiger partial charge is 0.344 e. The number of para-hydroxylation sites is 2. The summed E-state index contributed by atoms with van der Waals surface area (Å²) in [5, 5.41) is 5.47. The zero-order valence-corrected chi connectivity index (χ0v) is 14.3. The minimum atomic E-state index is -0.122. The van der Waals surface area contributed by atoms with Crippen molar-refractivity contribution in [3.05, 3.63) is 60.4 Å². The standard InChI is InChI=1S/C20H18N4O2/c1-15(25)23-17-10-8-16(9-11-17)5-4-12-21-20(26)13-24-14-22-18-6-2-3-7-19(18)24/h2-3,6-11,14H,12-13H2,1H3,(H,21,26)(H,23,25). The average Bonchev–Trinajstić information content (AvgIpc) is 3.03. The Morgan fingerprint density at radius 2 is 1.88 bits per heavy atom. The highest BCUT2D eigenvalue weighted by Gasteiger charge is 2.05. The van der Waals surface area contributed by atoms with Gasteiger partial charge in [0.25, 0.3) is 0 Å². The van der Waals surface area contributed by atoms with E-state index in [0.29, 0.717) is 0 Å². The number of hydrogen-bond donors (Lipinski definition) is 2. The van der Waals surface area contributed by atoms with Crippen molar-refractivity contribution in [3.63, 3.8) is 0 Å². The van der Waals surface area contributed by atoms with Gasteiger partial charge in [-0.25, -0.2) is 4.98 Å². The van der Waals surface area contributed by atoms with Crippen molar-refractivity contribution in [2.24, 2.45) is 0 Å². The third kappa shape index (κ3) is 4.48. The molecule has 130 valence electrons. The molecule has 2 aromatic carbocycles. The van der Waals surface area contributed by atoms with Gasteiger partial charge in [-0.05, 0) is 36.4 Å². The molecule has 0 saturated carbocycles. The number of anilines is 1. The Morgan fingerprint density at radius 3 is 2.65 bits per heavy atom. The highest BCUT2D eigenvalue weighted by molar-refractivity contribution is 5.88. The fourth-order valence-electron chi connectivity index (χ4n) is 2.48. The Kier molecular flexibility index (Phi) is 5.30. The number of nitrogens with one attached hydrogen (secondary N) is 2. The molecule has 26 heavy (non-hydrogen) atoms. The maximum Gasteiger partial charge on any atom is 0.240 e. The van der Waals surface area contributed by atoms with Crippen molar-refractivity contribution in [2.75, 3.05) is 11.9 Å². The van der Waals surface area contributed by atoms with E-state index in [1.807, 2.05) is 36.4 Å². The molecule has 3 aromatic rings. The molecule has 1 heterocycles. The third-order valence-electron chi connectivity index (χ3n) is 3.65. The van der Waals surface area contributed by atoms with Gasteiger partial charge in [0, 0.05) is 18.2 Å². The predicted molar refractivity (Wildman–Crippen MR) is 100 cm³/mol. The van der Waals surface area contributed by atoms with E-state index in [9.17, 15) is 9.59 Å². The molecule has 0 aliphatic heterocycles. The van der Waals surface area contributed by atoms with Crippen LogP contribution in [0.2, 0.25) is 0 Å². The number of imidazole rings is 1. The number of aromatic nitrogens is 2. The number of rotatable bonds is 4. The number of fused-ring (bicyclic) bond motifs is 1. The predicted octanol–water partition coefficient (Wildman–Crippen LogP) is 2.16. The van der Waals surface area contributed by atoms with Gasteiger partial charge in [0.1, 0.15) is 6.54 Å². The molecule has 3 rings (SSSR count). The highest BCUT2D eigenvalue weighted by Crippen LogP contribution is 2.11. The molecule has 0 saturated heterocycles. The van der Waals surface area contributed by atoms with Crippen LogP contribution in [0.15, 0.2) is 54.9 Å². The SMILES string of the molecule is CC(=O)Nc1ccc(C#CCNC(=O)Cn2cnc3ccccc32)cc1. The lowest BCUT2D eigenvalue weighted by Crippen LogP contribution is -2.27. The number of benzene rings is 2. The van der Waals surface area contributed by atoms with E-state index in [2.05, 4.69) is 27.5 Å². The molecule has 0 unspecified atom stereocenters. The lowest BCUT2D eigenvalue weighted by atomic mass is 10.2. The monoisotopic (exact) mass is 346 g/mol. The lowest BCUT2D eigenvalue weighted by molar-refractivity contribution is -0.121. The fourth-order valence-corrected chi connectivity index (χ4v) is 2.48. The van der Waals surface area contributed by atoms with Crippen molar-refractivity contribution in [3.8, 4) is 11.8 Å². The van der Waals surface area contributed by atoms with Crippen LogP contribution in [0, 0.1) is 11.8 Å². The molecule has 0 aliphatic rings. The summed E-state index contributed by atoms with van der Waals surface area (Å²) < 4.78 is 1.80. The van der Waals surface area contributed by atoms with Crippen molar-refractivity contribution in [2.45, 2.75) is 13.5 Å². The summed E-state index contributed by atoms with van der Waals surface area (Å²) >= 11 is 0. The van der Waals surface area contributed by atoms with Gasteiger partial charge < -0.3 is 15.2 Å². The summed E-state index contributed by atoms with van der Waals surface area (Å²) in [5.41, 5.74) is 3.33. The van der Waals surface area contributed by atoms with E-state index < -0.39 is 0 Å². The van der Waals surface area contributed by atoms with Crippen molar-refractivity contribution in [1.82, 2.24) is 14.9 Å². The second-order valence-corrected chi connectivity index (χ2v) is 5.70. The minimum absolute atomic E-state index is 0.114. The van der Waals surface area contributed by atoms with Gasteiger partial charge in [-0.3, -0.25) is 9.59 Å². The molecular formula is C20H18N4O2. The van der Waals surface area contributed by atoms with E-state index >= 15 is 0 Å². The van der Waals surface area contributed by atoms with Crippen LogP contribution in [0.25, 0.3) is 11.0 Å². The van der Waals surface area contributed by atoms with E-state index in [-0.39, 0.29) is 24.9 Å². The quantitative estimate of drug-likeness (QED) is 0.711. The normalized spacial score (nSPS) is 10.0. The molecule has 0 bridgehead atoms. The number of hydrogen-bond acceptors (Lipinski definition) is 3. The summed E-state index contributed by atoms with van der Waals surface area (Å²) in [6, 6.07) is 14.9. The zero-order chi connectivity index (χ0) is 18.4. The third-order valence-corrected chi connectivity index (χ3v) is 3.65. The number of amides is 2. The van der Waals surface area contributed by atoms with Crippen LogP contribution >= 0.6 is 0 Å². The summed E-state index contributed by atoms with van der Waals surface area (Å²) in [6.07, 6.45) is 1.66. The van der Waals surface area contributed by atoms with Crippen molar-refractivity contribution < 1.29 is 9.59 Å². The molecule has 0 radical (unpaired) electrons. The van der Waals surface area contributed by atoms with Gasteiger partial charge in [0.05, 0.1) is 23.9 Å². The van der Waals surface area contributed by atoms with Gasteiger partial charge in [0.15, 0.2) is 0 Å². The van der Waals surface area contributed by atoms with Gasteiger partial charge in [-0.2, -0.15) is 0 Å². The summed E-state index contributed by atoms with van der Waals surface area (Å²) in [6.45, 7) is 1.93. The maximum atomic E-state index is 12.0. The summed E-state index contributed by atoms with van der Waals surface area (Å²) in [7, 11) is 0. The zero-order valence-electron chi connectivity index (χ0n) is 14.3. The first kappa shape index (κ1) is 17.2. The lowest BCUT2D eigenvalue weighted by Gasteiger charge is -2.04.